The van der Waals surface area contributed by atoms with Crippen molar-refractivity contribution in [2.75, 3.05) is 0 Å². The summed E-state index contributed by atoms with van der Waals surface area (Å²) in [5.74, 6) is -0.472. The van der Waals surface area contributed by atoms with Gasteiger partial charge in [-0.05, 0) is 35.9 Å². The molecule has 0 spiro atoms. The first-order valence-corrected chi connectivity index (χ1v) is 7.96. The van der Waals surface area contributed by atoms with Crippen LogP contribution in [-0.4, -0.2) is 20.0 Å². The molecule has 0 aliphatic rings. The third-order valence-electron chi connectivity index (χ3n) is 4.13. The number of pyridine rings is 1. The summed E-state index contributed by atoms with van der Waals surface area (Å²) in [6, 6.07) is 12.7. The molecule has 0 saturated carbocycles. The summed E-state index contributed by atoms with van der Waals surface area (Å²) in [6.45, 7) is 0.241. The lowest BCUT2D eigenvalue weighted by Gasteiger charge is -2.04. The number of carbonyl (C=O) groups excluding carboxylic acids is 1. The molecule has 130 valence electrons. The van der Waals surface area contributed by atoms with E-state index in [0.29, 0.717) is 11.3 Å². The zero-order valence-electron chi connectivity index (χ0n) is 14.4. The number of amides is 1. The zero-order valence-corrected chi connectivity index (χ0v) is 14.4. The number of fused-ring (bicyclic) bond motifs is 1. The number of imidazole rings is 1. The summed E-state index contributed by atoms with van der Waals surface area (Å²) in [6.07, 6.45) is 3.15. The second-order valence-corrected chi connectivity index (χ2v) is 5.82. The fourth-order valence-electron chi connectivity index (χ4n) is 2.70. The topological polar surface area (TPSA) is 92.7 Å². The zero-order chi connectivity index (χ0) is 18.7. The van der Waals surface area contributed by atoms with Crippen LogP contribution in [0.3, 0.4) is 0 Å². The van der Waals surface area contributed by atoms with Gasteiger partial charge in [0.05, 0.1) is 23.3 Å². The number of nitrogens with zero attached hydrogens (tertiary/aromatic N) is 4. The Hall–Kier alpha value is -3.66. The molecule has 3 rings (SSSR count). The van der Waals surface area contributed by atoms with E-state index in [4.69, 9.17) is 0 Å². The molecule has 2 heterocycles. The number of rotatable bonds is 4. The van der Waals surface area contributed by atoms with Crippen molar-refractivity contribution in [3.8, 4) is 6.07 Å². The number of aromatic nitrogens is 3. The number of aryl methyl sites for hydroxylation is 2. The highest BCUT2D eigenvalue weighted by Gasteiger charge is 2.11. The molecule has 0 radical (unpaired) electrons. The molecule has 0 bridgehead atoms. The molecule has 3 aromatic rings. The highest BCUT2D eigenvalue weighted by molar-refractivity contribution is 6.02. The van der Waals surface area contributed by atoms with Crippen LogP contribution in [0.2, 0.25) is 0 Å². The van der Waals surface area contributed by atoms with Crippen LogP contribution in [0.5, 0.6) is 0 Å². The van der Waals surface area contributed by atoms with E-state index in [9.17, 15) is 14.9 Å². The fraction of sp³-hybridized carbons (Fsp3) is 0.158. The predicted octanol–water partition coefficient (Wildman–Crippen LogP) is 1.50. The maximum absolute atomic E-state index is 12.3. The van der Waals surface area contributed by atoms with Crippen LogP contribution in [0.15, 0.2) is 53.0 Å². The van der Waals surface area contributed by atoms with Gasteiger partial charge in [-0.25, -0.2) is 4.79 Å². The summed E-state index contributed by atoms with van der Waals surface area (Å²) >= 11 is 0. The highest BCUT2D eigenvalue weighted by Crippen LogP contribution is 2.16. The van der Waals surface area contributed by atoms with E-state index in [1.807, 2.05) is 12.1 Å². The van der Waals surface area contributed by atoms with Crippen LogP contribution >= 0.6 is 0 Å². The summed E-state index contributed by atoms with van der Waals surface area (Å²) in [4.78, 5) is 28.4. The molecule has 0 atom stereocenters. The predicted molar refractivity (Wildman–Crippen MR) is 97.8 cm³/mol. The van der Waals surface area contributed by atoms with Crippen LogP contribution in [0.4, 0.5) is 0 Å². The lowest BCUT2D eigenvalue weighted by atomic mass is 10.1. The van der Waals surface area contributed by atoms with Gasteiger partial charge >= 0.3 is 5.69 Å². The van der Waals surface area contributed by atoms with Gasteiger partial charge in [-0.15, -0.1) is 0 Å². The molecular formula is C19H17N5O2. The SMILES string of the molecule is Cn1c(=O)n(C)c2cc(C=C(C#N)C(=O)NCc3ccccn3)ccc21. The number of hydrogen-bond donors (Lipinski definition) is 1. The van der Waals surface area contributed by atoms with Crippen molar-refractivity contribution in [1.82, 2.24) is 19.4 Å². The average molecular weight is 347 g/mol. The van der Waals surface area contributed by atoms with Gasteiger partial charge in [0.1, 0.15) is 11.6 Å². The van der Waals surface area contributed by atoms with Crippen molar-refractivity contribution in [2.45, 2.75) is 6.54 Å². The van der Waals surface area contributed by atoms with Gasteiger partial charge in [-0.3, -0.25) is 18.9 Å². The number of carbonyl (C=O) groups is 1. The third-order valence-corrected chi connectivity index (χ3v) is 4.13. The number of nitrogens with one attached hydrogen (secondary N) is 1. The van der Waals surface area contributed by atoms with Gasteiger partial charge in [0.15, 0.2) is 0 Å². The van der Waals surface area contributed by atoms with Gasteiger partial charge in [0, 0.05) is 20.3 Å². The number of hydrogen-bond acceptors (Lipinski definition) is 4. The van der Waals surface area contributed by atoms with Gasteiger partial charge in [0.25, 0.3) is 5.91 Å². The van der Waals surface area contributed by atoms with Crippen LogP contribution < -0.4 is 11.0 Å². The summed E-state index contributed by atoms with van der Waals surface area (Å²) in [5, 5.41) is 12.0. The van der Waals surface area contributed by atoms with Crippen LogP contribution in [-0.2, 0) is 25.4 Å². The Labute approximate surface area is 149 Å². The summed E-state index contributed by atoms with van der Waals surface area (Å²) in [7, 11) is 3.38. The first-order valence-electron chi connectivity index (χ1n) is 7.96. The second kappa shape index (κ2) is 7.07. The van der Waals surface area contributed by atoms with Crippen molar-refractivity contribution in [1.29, 1.82) is 5.26 Å². The van der Waals surface area contributed by atoms with E-state index in [-0.39, 0.29) is 17.8 Å². The average Bonchev–Trinajstić information content (AvgIpc) is 2.89. The molecule has 0 unspecified atom stereocenters. The van der Waals surface area contributed by atoms with Gasteiger partial charge in [-0.2, -0.15) is 5.26 Å². The van der Waals surface area contributed by atoms with E-state index in [0.717, 1.165) is 11.0 Å². The molecule has 0 aliphatic heterocycles. The first-order chi connectivity index (χ1) is 12.5. The Balaban J connectivity index is 1.85. The Morgan fingerprint density at radius 2 is 2.00 bits per heavy atom. The fourth-order valence-corrected chi connectivity index (χ4v) is 2.70. The summed E-state index contributed by atoms with van der Waals surface area (Å²) < 4.78 is 3.08. The molecule has 0 saturated heterocycles. The van der Waals surface area contributed by atoms with Gasteiger partial charge < -0.3 is 5.32 Å². The molecule has 1 aromatic carbocycles. The molecule has 2 aromatic heterocycles. The normalized spacial score (nSPS) is 11.3. The van der Waals surface area contributed by atoms with E-state index in [1.54, 1.807) is 55.2 Å². The monoisotopic (exact) mass is 347 g/mol. The first kappa shape index (κ1) is 17.2. The van der Waals surface area contributed by atoms with Crippen molar-refractivity contribution < 1.29 is 4.79 Å². The van der Waals surface area contributed by atoms with E-state index in [1.165, 1.54) is 10.6 Å². The standard InChI is InChI=1S/C19H17N5O2/c1-23-16-7-6-13(10-17(16)24(2)19(23)26)9-14(11-20)18(25)22-12-15-5-3-4-8-21-15/h3-10H,12H2,1-2H3,(H,22,25). The third kappa shape index (κ3) is 3.26. The van der Waals surface area contributed by atoms with Gasteiger partial charge in [0.2, 0.25) is 0 Å². The number of benzene rings is 1. The molecule has 7 heteroatoms. The molecule has 7 nitrogen and oxygen atoms in total. The van der Waals surface area contributed by atoms with Crippen LogP contribution in [0.1, 0.15) is 11.3 Å². The molecule has 0 fully saturated rings. The molecular weight excluding hydrogens is 330 g/mol. The maximum Gasteiger partial charge on any atom is 0.328 e. The van der Waals surface area contributed by atoms with Crippen LogP contribution in [0.25, 0.3) is 17.1 Å². The Bertz CT molecular complexity index is 1100. The second-order valence-electron chi connectivity index (χ2n) is 5.82. The highest BCUT2D eigenvalue weighted by atomic mass is 16.2. The van der Waals surface area contributed by atoms with Crippen molar-refractivity contribution >= 4 is 23.0 Å². The smallest absolute Gasteiger partial charge is 0.328 e. The minimum absolute atomic E-state index is 0.0128. The Kier molecular flexibility index (Phi) is 4.67. The van der Waals surface area contributed by atoms with Crippen molar-refractivity contribution in [2.24, 2.45) is 14.1 Å². The Morgan fingerprint density at radius 1 is 1.23 bits per heavy atom. The van der Waals surface area contributed by atoms with E-state index < -0.39 is 5.91 Å². The van der Waals surface area contributed by atoms with Gasteiger partial charge in [-0.1, -0.05) is 12.1 Å². The molecule has 26 heavy (non-hydrogen) atoms. The minimum Gasteiger partial charge on any atom is -0.346 e. The van der Waals surface area contributed by atoms with E-state index >= 15 is 0 Å². The maximum atomic E-state index is 12.3. The molecule has 1 N–H and O–H groups in total. The molecule has 0 aliphatic carbocycles. The lowest BCUT2D eigenvalue weighted by Crippen LogP contribution is -2.24. The molecule has 1 amide bonds. The summed E-state index contributed by atoms with van der Waals surface area (Å²) in [5.41, 5.74) is 2.75. The largest absolute Gasteiger partial charge is 0.346 e. The number of nitriles is 1. The quantitative estimate of drug-likeness (QED) is 0.572. The van der Waals surface area contributed by atoms with Crippen molar-refractivity contribution in [3.05, 3.63) is 69.9 Å². The van der Waals surface area contributed by atoms with E-state index in [2.05, 4.69) is 10.3 Å². The minimum atomic E-state index is -0.472. The lowest BCUT2D eigenvalue weighted by molar-refractivity contribution is -0.117. The van der Waals surface area contributed by atoms with Crippen LogP contribution in [0, 0.1) is 11.3 Å². The Morgan fingerprint density at radius 3 is 2.69 bits per heavy atom. The van der Waals surface area contributed by atoms with Crippen molar-refractivity contribution in [3.63, 3.8) is 0 Å².